The summed E-state index contributed by atoms with van der Waals surface area (Å²) in [6.45, 7) is 9.84. The highest BCUT2D eigenvalue weighted by Crippen LogP contribution is 2.36. The van der Waals surface area contributed by atoms with E-state index >= 15 is 0 Å². The fourth-order valence-corrected chi connectivity index (χ4v) is 3.70. The fraction of sp³-hybridized carbons (Fsp3) is 0.588. The zero-order valence-electron chi connectivity index (χ0n) is 12.9. The number of aryl methyl sites for hydroxylation is 2. The monoisotopic (exact) mass is 271 g/mol. The summed E-state index contributed by atoms with van der Waals surface area (Å²) < 4.78 is 2.43. The first kappa shape index (κ1) is 13.6. The number of benzene rings is 1. The number of fused-ring (bicyclic) bond motifs is 1. The highest BCUT2D eigenvalue weighted by molar-refractivity contribution is 5.77. The average molecular weight is 271 g/mol. The van der Waals surface area contributed by atoms with Gasteiger partial charge in [0, 0.05) is 18.5 Å². The van der Waals surface area contributed by atoms with Gasteiger partial charge in [0.15, 0.2) is 0 Å². The highest BCUT2D eigenvalue weighted by Gasteiger charge is 2.39. The zero-order valence-corrected chi connectivity index (χ0v) is 12.9. The Balaban J connectivity index is 2.18. The van der Waals surface area contributed by atoms with E-state index in [1.807, 2.05) is 0 Å². The molecule has 1 N–H and O–H groups in total. The van der Waals surface area contributed by atoms with E-state index < -0.39 is 0 Å². The van der Waals surface area contributed by atoms with Gasteiger partial charge in [-0.1, -0.05) is 19.4 Å². The summed E-state index contributed by atoms with van der Waals surface area (Å²) in [7, 11) is 0. The van der Waals surface area contributed by atoms with Crippen LogP contribution in [-0.4, -0.2) is 22.6 Å². The Bertz CT molecular complexity index is 606. The molecule has 0 amide bonds. The normalized spacial score (nSPS) is 22.8. The molecule has 1 atom stereocenters. The van der Waals surface area contributed by atoms with E-state index in [0.717, 1.165) is 25.2 Å². The van der Waals surface area contributed by atoms with E-state index in [1.54, 1.807) is 0 Å². The molecule has 20 heavy (non-hydrogen) atoms. The average Bonchev–Trinajstić information content (AvgIpc) is 3.03. The van der Waals surface area contributed by atoms with Gasteiger partial charge < -0.3 is 9.88 Å². The summed E-state index contributed by atoms with van der Waals surface area (Å²) in [5, 5.41) is 3.55. The third-order valence-electron chi connectivity index (χ3n) is 4.67. The molecule has 3 nitrogen and oxygen atoms in total. The van der Waals surface area contributed by atoms with Crippen LogP contribution in [0.4, 0.5) is 0 Å². The van der Waals surface area contributed by atoms with Gasteiger partial charge in [0.05, 0.1) is 11.0 Å². The molecule has 2 aromatic rings. The second kappa shape index (κ2) is 5.21. The van der Waals surface area contributed by atoms with Crippen LogP contribution >= 0.6 is 0 Å². The summed E-state index contributed by atoms with van der Waals surface area (Å²) in [6, 6.07) is 6.64. The lowest BCUT2D eigenvalue weighted by atomic mass is 9.81. The summed E-state index contributed by atoms with van der Waals surface area (Å²) >= 11 is 0. The maximum Gasteiger partial charge on any atom is 0.117 e. The Morgan fingerprint density at radius 3 is 2.85 bits per heavy atom. The zero-order chi connectivity index (χ0) is 14.2. The molecule has 0 aliphatic carbocycles. The predicted molar refractivity (Wildman–Crippen MR) is 84.2 cm³/mol. The number of nitrogens with zero attached hydrogens (tertiary/aromatic N) is 2. The largest absolute Gasteiger partial charge is 0.328 e. The Morgan fingerprint density at radius 2 is 2.20 bits per heavy atom. The third-order valence-corrected chi connectivity index (χ3v) is 4.67. The molecule has 1 aliphatic rings. The Hall–Kier alpha value is -1.35. The molecule has 0 spiro atoms. The lowest BCUT2D eigenvalue weighted by Crippen LogP contribution is -2.32. The SMILES string of the molecule is CCCC1(c2nc3cc(C)ccc3n2CC)CCNC1. The highest BCUT2D eigenvalue weighted by atomic mass is 15.1. The van der Waals surface area contributed by atoms with Crippen molar-refractivity contribution < 1.29 is 0 Å². The lowest BCUT2D eigenvalue weighted by Gasteiger charge is -2.28. The fourth-order valence-electron chi connectivity index (χ4n) is 3.70. The van der Waals surface area contributed by atoms with Crippen LogP contribution in [0.2, 0.25) is 0 Å². The van der Waals surface area contributed by atoms with Gasteiger partial charge in [-0.25, -0.2) is 4.98 Å². The molecule has 2 heterocycles. The van der Waals surface area contributed by atoms with Crippen LogP contribution in [0.5, 0.6) is 0 Å². The topological polar surface area (TPSA) is 29.9 Å². The minimum absolute atomic E-state index is 0.234. The van der Waals surface area contributed by atoms with Crippen molar-refractivity contribution >= 4 is 11.0 Å². The van der Waals surface area contributed by atoms with Crippen LogP contribution < -0.4 is 5.32 Å². The van der Waals surface area contributed by atoms with Crippen molar-refractivity contribution in [1.29, 1.82) is 0 Å². The van der Waals surface area contributed by atoms with E-state index in [-0.39, 0.29) is 5.41 Å². The van der Waals surface area contributed by atoms with Crippen molar-refractivity contribution in [2.75, 3.05) is 13.1 Å². The molecule has 1 aliphatic heterocycles. The molecular formula is C17H25N3. The number of imidazole rings is 1. The van der Waals surface area contributed by atoms with E-state index in [9.17, 15) is 0 Å². The van der Waals surface area contributed by atoms with Crippen molar-refractivity contribution in [2.45, 2.75) is 52.0 Å². The van der Waals surface area contributed by atoms with Crippen LogP contribution in [0, 0.1) is 6.92 Å². The molecule has 1 unspecified atom stereocenters. The van der Waals surface area contributed by atoms with Gasteiger partial charge in [-0.3, -0.25) is 0 Å². The van der Waals surface area contributed by atoms with E-state index in [2.05, 4.69) is 48.9 Å². The third kappa shape index (κ3) is 2.05. The van der Waals surface area contributed by atoms with Crippen molar-refractivity contribution in [3.05, 3.63) is 29.6 Å². The van der Waals surface area contributed by atoms with Crippen LogP contribution in [0.25, 0.3) is 11.0 Å². The van der Waals surface area contributed by atoms with Gasteiger partial charge in [0.1, 0.15) is 5.82 Å². The van der Waals surface area contributed by atoms with Crippen molar-refractivity contribution in [1.82, 2.24) is 14.9 Å². The molecular weight excluding hydrogens is 246 g/mol. The smallest absolute Gasteiger partial charge is 0.117 e. The van der Waals surface area contributed by atoms with E-state index in [1.165, 1.54) is 36.2 Å². The standard InChI is InChI=1S/C17H25N3/c1-4-8-17(9-10-18-12-17)16-19-14-11-13(3)6-7-15(14)20(16)5-2/h6-7,11,18H,4-5,8-10,12H2,1-3H3. The molecule has 0 radical (unpaired) electrons. The number of hydrogen-bond donors (Lipinski definition) is 1. The van der Waals surface area contributed by atoms with Gasteiger partial charge in [-0.2, -0.15) is 0 Å². The predicted octanol–water partition coefficient (Wildman–Crippen LogP) is 3.40. The first-order valence-corrected chi connectivity index (χ1v) is 7.88. The van der Waals surface area contributed by atoms with Gasteiger partial charge in [0.2, 0.25) is 0 Å². The second-order valence-electron chi connectivity index (χ2n) is 6.13. The first-order chi connectivity index (χ1) is 9.70. The van der Waals surface area contributed by atoms with E-state index in [4.69, 9.17) is 4.98 Å². The number of rotatable bonds is 4. The molecule has 3 rings (SSSR count). The number of hydrogen-bond acceptors (Lipinski definition) is 2. The van der Waals surface area contributed by atoms with Crippen molar-refractivity contribution in [3.63, 3.8) is 0 Å². The summed E-state index contributed by atoms with van der Waals surface area (Å²) in [4.78, 5) is 5.04. The maximum atomic E-state index is 5.04. The summed E-state index contributed by atoms with van der Waals surface area (Å²) in [6.07, 6.45) is 3.65. The number of nitrogens with one attached hydrogen (secondary N) is 1. The van der Waals surface area contributed by atoms with Crippen LogP contribution in [0.1, 0.15) is 44.5 Å². The van der Waals surface area contributed by atoms with Crippen LogP contribution in [0.15, 0.2) is 18.2 Å². The van der Waals surface area contributed by atoms with Gasteiger partial charge in [-0.15, -0.1) is 0 Å². The molecule has 0 saturated carbocycles. The quantitative estimate of drug-likeness (QED) is 0.923. The number of aromatic nitrogens is 2. The van der Waals surface area contributed by atoms with Crippen molar-refractivity contribution in [3.8, 4) is 0 Å². The van der Waals surface area contributed by atoms with Gasteiger partial charge in [0.25, 0.3) is 0 Å². The summed E-state index contributed by atoms with van der Waals surface area (Å²) in [5.41, 5.74) is 3.97. The molecule has 108 valence electrons. The van der Waals surface area contributed by atoms with Crippen LogP contribution in [0.3, 0.4) is 0 Å². The van der Waals surface area contributed by atoms with Gasteiger partial charge >= 0.3 is 0 Å². The molecule has 1 aromatic heterocycles. The lowest BCUT2D eigenvalue weighted by molar-refractivity contribution is 0.387. The van der Waals surface area contributed by atoms with Gasteiger partial charge in [-0.05, 0) is 50.9 Å². The van der Waals surface area contributed by atoms with E-state index in [0.29, 0.717) is 0 Å². The Kier molecular flexibility index (Phi) is 3.55. The maximum absolute atomic E-state index is 5.04. The summed E-state index contributed by atoms with van der Waals surface area (Å²) in [5.74, 6) is 1.30. The van der Waals surface area contributed by atoms with Crippen molar-refractivity contribution in [2.24, 2.45) is 0 Å². The Morgan fingerprint density at radius 1 is 1.35 bits per heavy atom. The van der Waals surface area contributed by atoms with Crippen LogP contribution in [-0.2, 0) is 12.0 Å². The molecule has 0 bridgehead atoms. The molecule has 1 fully saturated rings. The molecule has 3 heteroatoms. The molecule has 1 aromatic carbocycles. The Labute approximate surface area is 121 Å². The molecule has 1 saturated heterocycles. The minimum Gasteiger partial charge on any atom is -0.328 e. The second-order valence-corrected chi connectivity index (χ2v) is 6.13. The minimum atomic E-state index is 0.234. The first-order valence-electron chi connectivity index (χ1n) is 7.88.